The quantitative estimate of drug-likeness (QED) is 0.551. The van der Waals surface area contributed by atoms with Crippen molar-refractivity contribution >= 4 is 45.7 Å². The first-order valence-electron chi connectivity index (χ1n) is 11.7. The molecule has 0 unspecified atom stereocenters. The Morgan fingerprint density at radius 1 is 1.16 bits per heavy atom. The van der Waals surface area contributed by atoms with Crippen molar-refractivity contribution in [2.75, 3.05) is 20.2 Å². The summed E-state index contributed by atoms with van der Waals surface area (Å²) in [5.41, 5.74) is 1.48. The van der Waals surface area contributed by atoms with Crippen LogP contribution in [0.5, 0.6) is 11.5 Å². The summed E-state index contributed by atoms with van der Waals surface area (Å²) in [4.78, 5) is 31.1. The first-order chi connectivity index (χ1) is 17.9. The Labute approximate surface area is 217 Å². The van der Waals surface area contributed by atoms with Crippen molar-refractivity contribution in [3.63, 3.8) is 0 Å². The predicted molar refractivity (Wildman–Crippen MR) is 139 cm³/mol. The molecular formula is C26H24FN5O4S. The van der Waals surface area contributed by atoms with Crippen molar-refractivity contribution in [3.05, 3.63) is 65.0 Å². The van der Waals surface area contributed by atoms with E-state index in [1.54, 1.807) is 36.4 Å². The molecule has 2 aromatic rings. The van der Waals surface area contributed by atoms with Crippen LogP contribution in [0.3, 0.4) is 0 Å². The molecule has 3 aliphatic rings. The highest BCUT2D eigenvalue weighted by Crippen LogP contribution is 2.32. The average molecular weight is 522 g/mol. The molecule has 9 nitrogen and oxygen atoms in total. The van der Waals surface area contributed by atoms with E-state index in [0.29, 0.717) is 22.1 Å². The van der Waals surface area contributed by atoms with Gasteiger partial charge in [-0.15, -0.1) is 0 Å². The second kappa shape index (κ2) is 10.6. The standard InChI is InChI=1S/C26H24FN5O4S/c1-35-21-13-17(6-9-20(21)36-15-16-4-7-18(27)8-5-16)12-19-24(28)32-26(29-25(19)34)37-22(30-32)14-23(33)31-10-2-3-11-31/h4-9,12-13,28H,2-3,10-11,14-15H2,1H3/b19-12-,28-24?. The summed E-state index contributed by atoms with van der Waals surface area (Å²) >= 11 is 1.14. The van der Waals surface area contributed by atoms with Crippen molar-refractivity contribution in [3.8, 4) is 11.5 Å². The van der Waals surface area contributed by atoms with E-state index < -0.39 is 5.91 Å². The number of carbonyl (C=O) groups is 2. The summed E-state index contributed by atoms with van der Waals surface area (Å²) in [6.07, 6.45) is 3.68. The second-order valence-electron chi connectivity index (χ2n) is 8.60. The van der Waals surface area contributed by atoms with E-state index in [1.807, 2.05) is 4.90 Å². The molecule has 0 aliphatic carbocycles. The third-order valence-corrected chi connectivity index (χ3v) is 6.97. The number of likely N-dealkylation sites (tertiary alicyclic amines) is 1. The Hall–Kier alpha value is -3.99. The molecule has 0 spiro atoms. The number of hydrogen-bond donors (Lipinski definition) is 1. The van der Waals surface area contributed by atoms with E-state index in [4.69, 9.17) is 14.9 Å². The largest absolute Gasteiger partial charge is 0.493 e. The van der Waals surface area contributed by atoms with Gasteiger partial charge in [0.25, 0.3) is 5.91 Å². The minimum Gasteiger partial charge on any atom is -0.493 e. The third-order valence-electron chi connectivity index (χ3n) is 6.06. The smallest absolute Gasteiger partial charge is 0.283 e. The Balaban J connectivity index is 1.30. The average Bonchev–Trinajstić information content (AvgIpc) is 3.57. The molecule has 0 atom stereocenters. The molecule has 0 radical (unpaired) electrons. The summed E-state index contributed by atoms with van der Waals surface area (Å²) in [5.74, 6) is -0.0712. The van der Waals surface area contributed by atoms with E-state index in [1.165, 1.54) is 24.3 Å². The zero-order valence-electron chi connectivity index (χ0n) is 20.1. The number of ether oxygens (including phenoxy) is 2. The first-order valence-corrected chi connectivity index (χ1v) is 12.5. The zero-order chi connectivity index (χ0) is 25.9. The van der Waals surface area contributed by atoms with E-state index in [2.05, 4.69) is 10.1 Å². The maximum absolute atomic E-state index is 13.1. The van der Waals surface area contributed by atoms with Gasteiger partial charge >= 0.3 is 0 Å². The number of fused-ring (bicyclic) bond motifs is 1. The van der Waals surface area contributed by atoms with Crippen molar-refractivity contribution in [1.29, 1.82) is 5.41 Å². The molecule has 0 aromatic heterocycles. The fourth-order valence-corrected chi connectivity index (χ4v) is 4.99. The van der Waals surface area contributed by atoms with Crippen LogP contribution in [0.1, 0.15) is 30.4 Å². The minimum atomic E-state index is -0.554. The van der Waals surface area contributed by atoms with Gasteiger partial charge in [0.1, 0.15) is 17.5 Å². The number of thioether (sulfide) groups is 1. The van der Waals surface area contributed by atoms with Crippen LogP contribution in [0.4, 0.5) is 4.39 Å². The maximum Gasteiger partial charge on any atom is 0.283 e. The lowest BCUT2D eigenvalue weighted by atomic mass is 10.1. The topological polar surface area (TPSA) is 108 Å². The zero-order valence-corrected chi connectivity index (χ0v) is 20.9. The van der Waals surface area contributed by atoms with E-state index in [9.17, 15) is 14.0 Å². The SMILES string of the molecule is COc1cc(/C=C2/C(=N)N3N=C(CC(=O)N4CCCC4)SC3=NC2=O)ccc1OCc1ccc(F)cc1. The second-order valence-corrected chi connectivity index (χ2v) is 9.64. The van der Waals surface area contributed by atoms with Gasteiger partial charge in [0.05, 0.1) is 19.1 Å². The highest BCUT2D eigenvalue weighted by molar-refractivity contribution is 8.27. The fraction of sp³-hybridized carbons (Fsp3) is 0.269. The lowest BCUT2D eigenvalue weighted by molar-refractivity contribution is -0.128. The minimum absolute atomic E-state index is 0.00773. The lowest BCUT2D eigenvalue weighted by Gasteiger charge is -2.20. The van der Waals surface area contributed by atoms with Gasteiger partial charge in [-0.2, -0.15) is 15.1 Å². The van der Waals surface area contributed by atoms with Crippen LogP contribution in [0.15, 0.2) is 58.1 Å². The molecule has 37 heavy (non-hydrogen) atoms. The Kier molecular flexibility index (Phi) is 7.04. The van der Waals surface area contributed by atoms with Gasteiger partial charge in [0.15, 0.2) is 17.3 Å². The molecule has 3 aliphatic heterocycles. The predicted octanol–water partition coefficient (Wildman–Crippen LogP) is 4.04. The van der Waals surface area contributed by atoms with Crippen LogP contribution in [-0.2, 0) is 16.2 Å². The molecule has 11 heteroatoms. The number of nitrogens with one attached hydrogen (secondary N) is 1. The van der Waals surface area contributed by atoms with Gasteiger partial charge in [0, 0.05) is 13.1 Å². The summed E-state index contributed by atoms with van der Waals surface area (Å²) in [6.45, 7) is 1.73. The summed E-state index contributed by atoms with van der Waals surface area (Å²) in [5, 5.41) is 15.0. The van der Waals surface area contributed by atoms with E-state index in [-0.39, 0.29) is 41.3 Å². The molecular weight excluding hydrogens is 497 g/mol. The fourth-order valence-electron chi connectivity index (χ4n) is 4.11. The molecule has 1 fully saturated rings. The van der Waals surface area contributed by atoms with Gasteiger partial charge in [-0.25, -0.2) is 4.39 Å². The number of hydrazone groups is 1. The van der Waals surface area contributed by atoms with Crippen LogP contribution in [0.25, 0.3) is 6.08 Å². The number of carbonyl (C=O) groups excluding carboxylic acids is 2. The van der Waals surface area contributed by atoms with Crippen molar-refractivity contribution in [2.45, 2.75) is 25.9 Å². The van der Waals surface area contributed by atoms with Gasteiger partial charge in [-0.3, -0.25) is 15.0 Å². The van der Waals surface area contributed by atoms with Crippen LogP contribution in [0, 0.1) is 11.2 Å². The molecule has 2 amide bonds. The lowest BCUT2D eigenvalue weighted by Crippen LogP contribution is -2.35. The van der Waals surface area contributed by atoms with Crippen LogP contribution in [-0.4, -0.2) is 58.0 Å². The summed E-state index contributed by atoms with van der Waals surface area (Å²) in [6, 6.07) is 11.1. The highest BCUT2D eigenvalue weighted by atomic mass is 32.2. The number of aliphatic imine (C=N–C) groups is 1. The molecule has 3 heterocycles. The number of hydrogen-bond acceptors (Lipinski definition) is 7. The summed E-state index contributed by atoms with van der Waals surface area (Å²) < 4.78 is 24.4. The number of halogens is 1. The van der Waals surface area contributed by atoms with Crippen LogP contribution >= 0.6 is 11.8 Å². The third kappa shape index (κ3) is 5.41. The maximum atomic E-state index is 13.1. The molecule has 1 N–H and O–H groups in total. The Morgan fingerprint density at radius 2 is 1.92 bits per heavy atom. The van der Waals surface area contributed by atoms with Crippen molar-refractivity contribution < 1.29 is 23.5 Å². The van der Waals surface area contributed by atoms with Crippen molar-refractivity contribution in [2.24, 2.45) is 10.1 Å². The number of benzene rings is 2. The number of amidine groups is 2. The monoisotopic (exact) mass is 521 g/mol. The normalized spacial score (nSPS) is 18.2. The highest BCUT2D eigenvalue weighted by Gasteiger charge is 2.36. The molecule has 0 bridgehead atoms. The Bertz CT molecular complexity index is 1350. The van der Waals surface area contributed by atoms with Crippen molar-refractivity contribution in [1.82, 2.24) is 9.91 Å². The van der Waals surface area contributed by atoms with Crippen LogP contribution < -0.4 is 9.47 Å². The van der Waals surface area contributed by atoms with E-state index in [0.717, 1.165) is 43.3 Å². The molecule has 5 rings (SSSR count). The number of amides is 2. The molecule has 190 valence electrons. The number of rotatable bonds is 7. The molecule has 1 saturated heterocycles. The molecule has 0 saturated carbocycles. The van der Waals surface area contributed by atoms with Gasteiger partial charge in [-0.05, 0) is 66.1 Å². The molecule has 2 aromatic carbocycles. The number of nitrogens with zero attached hydrogens (tertiary/aromatic N) is 4. The number of methoxy groups -OCH3 is 1. The van der Waals surface area contributed by atoms with E-state index >= 15 is 0 Å². The first kappa shape index (κ1) is 24.7. The summed E-state index contributed by atoms with van der Waals surface area (Å²) in [7, 11) is 1.50. The van der Waals surface area contributed by atoms with Gasteiger partial charge in [-0.1, -0.05) is 18.2 Å². The Morgan fingerprint density at radius 3 is 2.65 bits per heavy atom. The van der Waals surface area contributed by atoms with Gasteiger partial charge < -0.3 is 14.4 Å². The van der Waals surface area contributed by atoms with Gasteiger partial charge in [0.2, 0.25) is 11.1 Å². The van der Waals surface area contributed by atoms with Crippen LogP contribution in [0.2, 0.25) is 0 Å².